The van der Waals surface area contributed by atoms with Crippen LogP contribution in [0.2, 0.25) is 0 Å². The summed E-state index contributed by atoms with van der Waals surface area (Å²) >= 11 is 0. The molecule has 1 aliphatic heterocycles. The molecule has 196 valence electrons. The van der Waals surface area contributed by atoms with Crippen LogP contribution in [-0.2, 0) is 28.3 Å². The van der Waals surface area contributed by atoms with Gasteiger partial charge in [0, 0.05) is 0 Å². The number of piperidine rings is 1. The van der Waals surface area contributed by atoms with Crippen molar-refractivity contribution in [3.8, 4) is 0 Å². The van der Waals surface area contributed by atoms with Gasteiger partial charge >= 0.3 is 18.0 Å². The van der Waals surface area contributed by atoms with Gasteiger partial charge in [-0.25, -0.2) is 11.1 Å². The van der Waals surface area contributed by atoms with Gasteiger partial charge in [-0.05, 0) is 42.7 Å². The second-order valence-corrected chi connectivity index (χ2v) is 9.06. The molecular formula is C25H23F6N5O. The molecule has 0 saturated carbocycles. The fourth-order valence-electron chi connectivity index (χ4n) is 4.48. The van der Waals surface area contributed by atoms with Crippen molar-refractivity contribution in [1.82, 2.24) is 20.1 Å². The normalized spacial score (nSPS) is 23.4. The lowest BCUT2D eigenvalue weighted by Gasteiger charge is -2.43. The molecule has 0 radical (unpaired) electrons. The molecule has 0 spiro atoms. The van der Waals surface area contributed by atoms with Gasteiger partial charge in [-0.3, -0.25) is 10.2 Å². The Bertz CT molecular complexity index is 1210. The largest absolute Gasteiger partial charge is 0.416 e. The summed E-state index contributed by atoms with van der Waals surface area (Å²) in [6.45, 7) is 9.33. The molecular weight excluding hydrogens is 500 g/mol. The van der Waals surface area contributed by atoms with E-state index in [0.717, 1.165) is 5.56 Å². The zero-order chi connectivity index (χ0) is 26.9. The van der Waals surface area contributed by atoms with E-state index in [1.165, 1.54) is 19.6 Å². The number of nitrogens with zero attached hydrogens (tertiary/aromatic N) is 4. The minimum atomic E-state index is -4.95. The average Bonchev–Trinajstić information content (AvgIpc) is 3.43. The van der Waals surface area contributed by atoms with Crippen molar-refractivity contribution in [2.45, 2.75) is 49.4 Å². The first-order valence-corrected chi connectivity index (χ1v) is 11.3. The van der Waals surface area contributed by atoms with E-state index in [4.69, 9.17) is 11.3 Å². The Morgan fingerprint density at radius 1 is 1.00 bits per heavy atom. The zero-order valence-corrected chi connectivity index (χ0v) is 19.6. The van der Waals surface area contributed by atoms with Gasteiger partial charge in [0.15, 0.2) is 0 Å². The van der Waals surface area contributed by atoms with Gasteiger partial charge in [-0.1, -0.05) is 30.3 Å². The van der Waals surface area contributed by atoms with Crippen molar-refractivity contribution in [2.24, 2.45) is 0 Å². The van der Waals surface area contributed by atoms with Gasteiger partial charge in [-0.15, -0.1) is 10.2 Å². The van der Waals surface area contributed by atoms with Crippen molar-refractivity contribution in [3.05, 3.63) is 94.9 Å². The van der Waals surface area contributed by atoms with Gasteiger partial charge in [0.25, 0.3) is 0 Å². The molecule has 0 unspecified atom stereocenters. The van der Waals surface area contributed by atoms with Crippen LogP contribution in [0, 0.1) is 6.57 Å². The number of hydrogen-bond acceptors (Lipinski definition) is 4. The van der Waals surface area contributed by atoms with E-state index >= 15 is 0 Å². The molecule has 12 heteroatoms. The summed E-state index contributed by atoms with van der Waals surface area (Å²) < 4.78 is 87.5. The molecule has 3 atom stereocenters. The molecule has 37 heavy (non-hydrogen) atoms. The van der Waals surface area contributed by atoms with Crippen molar-refractivity contribution in [2.75, 3.05) is 13.2 Å². The lowest BCUT2D eigenvalue weighted by molar-refractivity contribution is -0.143. The fraction of sp³-hybridized carbons (Fsp3) is 0.400. The molecule has 3 aromatic rings. The quantitative estimate of drug-likeness (QED) is 0.321. The first kappa shape index (κ1) is 26.6. The minimum absolute atomic E-state index is 0.0496. The minimum Gasteiger partial charge on any atom is -0.372 e. The molecule has 0 bridgehead atoms. The number of alkyl halides is 6. The molecule has 6 nitrogen and oxygen atoms in total. The highest BCUT2D eigenvalue weighted by molar-refractivity contribution is 5.35. The Morgan fingerprint density at radius 2 is 1.59 bits per heavy atom. The smallest absolute Gasteiger partial charge is 0.372 e. The predicted octanol–water partition coefficient (Wildman–Crippen LogP) is 5.94. The van der Waals surface area contributed by atoms with Crippen LogP contribution in [0.3, 0.4) is 0 Å². The first-order chi connectivity index (χ1) is 17.4. The lowest BCUT2D eigenvalue weighted by atomic mass is 9.79. The third-order valence-electron chi connectivity index (χ3n) is 6.76. The second kappa shape index (κ2) is 9.79. The second-order valence-electron chi connectivity index (χ2n) is 9.06. The third kappa shape index (κ3) is 5.47. The van der Waals surface area contributed by atoms with E-state index in [0.29, 0.717) is 25.0 Å². The summed E-state index contributed by atoms with van der Waals surface area (Å²) in [6, 6.07) is 10.6. The van der Waals surface area contributed by atoms with Gasteiger partial charge < -0.3 is 4.74 Å². The SMILES string of the molecule is [C-]#[N+][C@@]1(n2cnnc2)CC[C@@](CO[C@H](C)c2cc(C(F)(F)F)cc(C(F)(F)F)c2)(c2ccccc2)NC1. The molecule has 1 saturated heterocycles. The Hall–Kier alpha value is -3.43. The zero-order valence-electron chi connectivity index (χ0n) is 19.6. The molecule has 2 aromatic carbocycles. The monoisotopic (exact) mass is 523 g/mol. The summed E-state index contributed by atoms with van der Waals surface area (Å²) in [5.41, 5.74) is -4.00. The third-order valence-corrected chi connectivity index (χ3v) is 6.76. The number of aromatic nitrogens is 3. The maximum absolute atomic E-state index is 13.3. The molecule has 4 rings (SSSR count). The Balaban J connectivity index is 1.61. The summed E-state index contributed by atoms with van der Waals surface area (Å²) in [7, 11) is 0. The van der Waals surface area contributed by atoms with Gasteiger partial charge in [0.2, 0.25) is 0 Å². The highest BCUT2D eigenvalue weighted by atomic mass is 19.4. The van der Waals surface area contributed by atoms with Crippen LogP contribution in [0.1, 0.15) is 48.1 Å². The van der Waals surface area contributed by atoms with Gasteiger partial charge in [-0.2, -0.15) is 26.3 Å². The Labute approximate surface area is 209 Å². The molecule has 2 heterocycles. The van der Waals surface area contributed by atoms with Crippen LogP contribution >= 0.6 is 0 Å². The molecule has 0 amide bonds. The standard InChI is InChI=1S/C25H23F6N5O/c1-17(18-10-20(24(26,27)28)12-21(11-18)25(29,30)31)37-14-22(19-6-4-3-5-7-19)8-9-23(32-2,13-33-22)36-15-34-35-16-36/h3-7,10-12,15-17,33H,8-9,13-14H2,1H3/t17-,22-,23-/m1/s1. The maximum Gasteiger partial charge on any atom is 0.416 e. The summed E-state index contributed by atoms with van der Waals surface area (Å²) in [5.74, 6) is 0. The number of benzene rings is 2. The van der Waals surface area contributed by atoms with Crippen molar-refractivity contribution < 1.29 is 31.1 Å². The van der Waals surface area contributed by atoms with Gasteiger partial charge in [0.1, 0.15) is 12.7 Å². The van der Waals surface area contributed by atoms with Crippen molar-refractivity contribution in [3.63, 3.8) is 0 Å². The molecule has 1 aromatic heterocycles. The average molecular weight is 523 g/mol. The van der Waals surface area contributed by atoms with E-state index in [9.17, 15) is 26.3 Å². The van der Waals surface area contributed by atoms with E-state index < -0.39 is 40.8 Å². The molecule has 1 N–H and O–H groups in total. The summed E-state index contributed by atoms with van der Waals surface area (Å²) in [5, 5.41) is 10.9. The number of halogens is 6. The highest BCUT2D eigenvalue weighted by Crippen LogP contribution is 2.41. The van der Waals surface area contributed by atoms with E-state index in [1.54, 1.807) is 4.57 Å². The van der Waals surface area contributed by atoms with Crippen LogP contribution < -0.4 is 5.32 Å². The van der Waals surface area contributed by atoms with Crippen LogP contribution in [0.15, 0.2) is 61.2 Å². The predicted molar refractivity (Wildman–Crippen MR) is 121 cm³/mol. The first-order valence-electron chi connectivity index (χ1n) is 11.3. The molecule has 1 fully saturated rings. The number of ether oxygens (including phenoxy) is 1. The van der Waals surface area contributed by atoms with Crippen LogP contribution in [0.25, 0.3) is 4.85 Å². The van der Waals surface area contributed by atoms with Crippen LogP contribution in [0.4, 0.5) is 26.3 Å². The number of rotatable bonds is 6. The number of nitrogens with one attached hydrogen (secondary N) is 1. The van der Waals surface area contributed by atoms with Gasteiger partial charge in [0.05, 0.1) is 42.3 Å². The Morgan fingerprint density at radius 3 is 2.08 bits per heavy atom. The van der Waals surface area contributed by atoms with E-state index in [2.05, 4.69) is 20.4 Å². The van der Waals surface area contributed by atoms with Crippen molar-refractivity contribution in [1.29, 1.82) is 0 Å². The number of hydrogen-bond donors (Lipinski definition) is 1. The molecule has 0 aliphatic carbocycles. The maximum atomic E-state index is 13.3. The molecule has 1 aliphatic rings. The van der Waals surface area contributed by atoms with Crippen LogP contribution in [-0.4, -0.2) is 27.9 Å². The summed E-state index contributed by atoms with van der Waals surface area (Å²) in [6.07, 6.45) is -7.26. The van der Waals surface area contributed by atoms with Crippen LogP contribution in [0.5, 0.6) is 0 Å². The van der Waals surface area contributed by atoms with E-state index in [1.807, 2.05) is 30.3 Å². The van der Waals surface area contributed by atoms with Crippen molar-refractivity contribution >= 4 is 0 Å². The Kier molecular flexibility index (Phi) is 7.05. The fourth-order valence-corrected chi connectivity index (χ4v) is 4.48. The highest BCUT2D eigenvalue weighted by Gasteiger charge is 2.49. The summed E-state index contributed by atoms with van der Waals surface area (Å²) in [4.78, 5) is 3.81. The topological polar surface area (TPSA) is 56.3 Å². The van der Waals surface area contributed by atoms with E-state index in [-0.39, 0.29) is 24.8 Å². The lowest BCUT2D eigenvalue weighted by Crippen LogP contribution is -2.57.